The van der Waals surface area contributed by atoms with Gasteiger partial charge < -0.3 is 14.6 Å². The predicted molar refractivity (Wildman–Crippen MR) is 95.1 cm³/mol. The van der Waals surface area contributed by atoms with E-state index >= 15 is 0 Å². The summed E-state index contributed by atoms with van der Waals surface area (Å²) in [5, 5.41) is 10.8. The summed E-state index contributed by atoms with van der Waals surface area (Å²) in [4.78, 5) is 12.0. The van der Waals surface area contributed by atoms with Crippen LogP contribution in [0.3, 0.4) is 0 Å². The van der Waals surface area contributed by atoms with E-state index in [1.165, 1.54) is 0 Å². The maximum absolute atomic E-state index is 12.0. The van der Waals surface area contributed by atoms with Gasteiger partial charge in [0.1, 0.15) is 5.75 Å². The lowest BCUT2D eigenvalue weighted by Gasteiger charge is -2.40. The summed E-state index contributed by atoms with van der Waals surface area (Å²) in [7, 11) is 0. The molecule has 1 unspecified atom stereocenters. The van der Waals surface area contributed by atoms with Crippen LogP contribution in [0.2, 0.25) is 0 Å². The van der Waals surface area contributed by atoms with Gasteiger partial charge in [0.15, 0.2) is 0 Å². The van der Waals surface area contributed by atoms with Crippen LogP contribution in [0, 0.1) is 5.41 Å². The zero-order valence-electron chi connectivity index (χ0n) is 14.2. The zero-order chi connectivity index (χ0) is 17.3. The summed E-state index contributed by atoms with van der Waals surface area (Å²) in [6.45, 7) is 5.80. The standard InChI is InChI=1S/C18H27BrO4/c1-17(2,3)18(16(20)21,22-14-10-5-4-9-13-19)23-15-11-7-6-8-12-15/h6-8,11-12H,4-5,9-10,13-14H2,1-3H3,(H,20,21). The number of aliphatic carboxylic acids is 1. The number of ether oxygens (including phenoxy) is 2. The van der Waals surface area contributed by atoms with Crippen molar-refractivity contribution in [3.63, 3.8) is 0 Å². The van der Waals surface area contributed by atoms with Crippen LogP contribution in [0.4, 0.5) is 0 Å². The first kappa shape index (κ1) is 20.0. The second-order valence-corrected chi connectivity index (χ2v) is 7.33. The highest BCUT2D eigenvalue weighted by atomic mass is 79.9. The minimum absolute atomic E-state index is 0.360. The number of unbranched alkanes of at least 4 members (excludes halogenated alkanes) is 3. The lowest BCUT2D eigenvalue weighted by atomic mass is 9.85. The maximum atomic E-state index is 12.0. The molecule has 23 heavy (non-hydrogen) atoms. The summed E-state index contributed by atoms with van der Waals surface area (Å²) in [6.07, 6.45) is 4.04. The molecule has 1 atom stereocenters. The van der Waals surface area contributed by atoms with Crippen LogP contribution in [0.15, 0.2) is 30.3 Å². The molecule has 0 aliphatic rings. The van der Waals surface area contributed by atoms with Gasteiger partial charge in [0.25, 0.3) is 0 Å². The Morgan fingerprint density at radius 3 is 2.22 bits per heavy atom. The van der Waals surface area contributed by atoms with E-state index in [9.17, 15) is 9.90 Å². The van der Waals surface area contributed by atoms with E-state index in [1.54, 1.807) is 12.1 Å². The van der Waals surface area contributed by atoms with Crippen molar-refractivity contribution in [1.29, 1.82) is 0 Å². The Morgan fingerprint density at radius 1 is 1.09 bits per heavy atom. The quantitative estimate of drug-likeness (QED) is 0.354. The van der Waals surface area contributed by atoms with Crippen molar-refractivity contribution < 1.29 is 19.4 Å². The van der Waals surface area contributed by atoms with Crippen molar-refractivity contribution in [2.45, 2.75) is 52.2 Å². The second kappa shape index (κ2) is 9.28. The van der Waals surface area contributed by atoms with E-state index in [2.05, 4.69) is 15.9 Å². The van der Waals surface area contributed by atoms with Gasteiger partial charge in [0.05, 0.1) is 6.61 Å². The number of hydrogen-bond acceptors (Lipinski definition) is 3. The number of para-hydroxylation sites is 1. The monoisotopic (exact) mass is 386 g/mol. The molecule has 0 aliphatic heterocycles. The Kier molecular flexibility index (Phi) is 8.06. The summed E-state index contributed by atoms with van der Waals surface area (Å²) in [6, 6.07) is 8.96. The van der Waals surface area contributed by atoms with Gasteiger partial charge >= 0.3 is 11.8 Å². The van der Waals surface area contributed by atoms with Crippen molar-refractivity contribution in [3.05, 3.63) is 30.3 Å². The lowest BCUT2D eigenvalue weighted by molar-refractivity contribution is -0.248. The number of halogens is 1. The van der Waals surface area contributed by atoms with E-state index in [0.29, 0.717) is 12.4 Å². The van der Waals surface area contributed by atoms with Crippen LogP contribution in [-0.2, 0) is 9.53 Å². The van der Waals surface area contributed by atoms with Gasteiger partial charge in [-0.2, -0.15) is 0 Å². The molecule has 130 valence electrons. The third-order valence-electron chi connectivity index (χ3n) is 3.61. The molecule has 1 rings (SSSR count). The Balaban J connectivity index is 2.81. The largest absolute Gasteiger partial charge is 0.476 e. The van der Waals surface area contributed by atoms with Crippen molar-refractivity contribution in [2.75, 3.05) is 11.9 Å². The fourth-order valence-electron chi connectivity index (χ4n) is 2.25. The van der Waals surface area contributed by atoms with Crippen LogP contribution < -0.4 is 4.74 Å². The van der Waals surface area contributed by atoms with E-state index in [4.69, 9.17) is 9.47 Å². The number of benzene rings is 1. The molecule has 1 N–H and O–H groups in total. The summed E-state index contributed by atoms with van der Waals surface area (Å²) in [5.74, 6) is -2.32. The van der Waals surface area contributed by atoms with Gasteiger partial charge in [-0.15, -0.1) is 0 Å². The predicted octanol–water partition coefficient (Wildman–Crippen LogP) is 4.86. The van der Waals surface area contributed by atoms with Crippen LogP contribution >= 0.6 is 15.9 Å². The third kappa shape index (κ3) is 5.81. The summed E-state index contributed by atoms with van der Waals surface area (Å²) in [5.41, 5.74) is -0.718. The highest BCUT2D eigenvalue weighted by Gasteiger charge is 2.53. The first-order chi connectivity index (χ1) is 10.8. The number of carboxylic acid groups (broad SMARTS) is 1. The Bertz CT molecular complexity index is 470. The van der Waals surface area contributed by atoms with Crippen molar-refractivity contribution in [1.82, 2.24) is 0 Å². The highest BCUT2D eigenvalue weighted by Crippen LogP contribution is 2.36. The molecule has 0 bridgehead atoms. The topological polar surface area (TPSA) is 55.8 Å². The van der Waals surface area contributed by atoms with Crippen LogP contribution in [0.5, 0.6) is 5.75 Å². The van der Waals surface area contributed by atoms with Gasteiger partial charge in [0, 0.05) is 10.7 Å². The normalized spacial score (nSPS) is 14.3. The van der Waals surface area contributed by atoms with Crippen molar-refractivity contribution in [3.8, 4) is 5.75 Å². The van der Waals surface area contributed by atoms with Crippen molar-refractivity contribution in [2.24, 2.45) is 5.41 Å². The number of hydrogen-bond donors (Lipinski definition) is 1. The van der Waals surface area contributed by atoms with Gasteiger partial charge in [-0.05, 0) is 25.0 Å². The van der Waals surface area contributed by atoms with Crippen molar-refractivity contribution >= 4 is 21.9 Å². The first-order valence-electron chi connectivity index (χ1n) is 8.01. The first-order valence-corrected chi connectivity index (χ1v) is 9.13. The maximum Gasteiger partial charge on any atom is 0.377 e. The molecule has 0 aliphatic carbocycles. The molecule has 5 heteroatoms. The van der Waals surface area contributed by atoms with Gasteiger partial charge in [-0.25, -0.2) is 4.79 Å². The molecule has 0 aromatic heterocycles. The molecule has 1 aromatic carbocycles. The van der Waals surface area contributed by atoms with E-state index in [0.717, 1.165) is 31.0 Å². The molecule has 4 nitrogen and oxygen atoms in total. The Morgan fingerprint density at radius 2 is 1.70 bits per heavy atom. The Hall–Kier alpha value is -1.07. The van der Waals surface area contributed by atoms with E-state index in [1.807, 2.05) is 39.0 Å². The fourth-order valence-corrected chi connectivity index (χ4v) is 2.64. The number of alkyl halides is 1. The lowest BCUT2D eigenvalue weighted by Crippen LogP contribution is -2.57. The molecule has 0 heterocycles. The summed E-state index contributed by atoms with van der Waals surface area (Å²) >= 11 is 3.40. The minimum Gasteiger partial charge on any atom is -0.476 e. The molecule has 0 saturated heterocycles. The minimum atomic E-state index is -1.70. The van der Waals surface area contributed by atoms with Crippen LogP contribution in [0.25, 0.3) is 0 Å². The molecule has 0 saturated carbocycles. The van der Waals surface area contributed by atoms with Gasteiger partial charge in [0.2, 0.25) is 0 Å². The SMILES string of the molecule is CC(C)(C)C(OCCCCCCBr)(Oc1ccccc1)C(=O)O. The van der Waals surface area contributed by atoms with E-state index < -0.39 is 17.2 Å². The fraction of sp³-hybridized carbons (Fsp3) is 0.611. The molecular weight excluding hydrogens is 360 g/mol. The molecule has 0 fully saturated rings. The van der Waals surface area contributed by atoms with Gasteiger partial charge in [-0.1, -0.05) is 67.7 Å². The zero-order valence-corrected chi connectivity index (χ0v) is 15.8. The Labute approximate surface area is 147 Å². The number of carboxylic acids is 1. The molecule has 0 radical (unpaired) electrons. The highest BCUT2D eigenvalue weighted by molar-refractivity contribution is 9.09. The average Bonchev–Trinajstić information content (AvgIpc) is 2.49. The summed E-state index contributed by atoms with van der Waals surface area (Å²) < 4.78 is 11.6. The molecule has 0 amide bonds. The average molecular weight is 387 g/mol. The van der Waals surface area contributed by atoms with Gasteiger partial charge in [-0.3, -0.25) is 0 Å². The third-order valence-corrected chi connectivity index (χ3v) is 4.17. The van der Waals surface area contributed by atoms with Crippen LogP contribution in [-0.4, -0.2) is 28.8 Å². The van der Waals surface area contributed by atoms with E-state index in [-0.39, 0.29) is 0 Å². The van der Waals surface area contributed by atoms with Crippen LogP contribution in [0.1, 0.15) is 46.5 Å². The number of rotatable bonds is 10. The second-order valence-electron chi connectivity index (χ2n) is 6.54. The molecule has 0 spiro atoms. The number of carbonyl (C=O) groups is 1. The molecule has 1 aromatic rings. The smallest absolute Gasteiger partial charge is 0.377 e. The molecular formula is C18H27BrO4.